The van der Waals surface area contributed by atoms with Gasteiger partial charge in [0.25, 0.3) is 0 Å². The van der Waals surface area contributed by atoms with Crippen LogP contribution < -0.4 is 15.2 Å². The van der Waals surface area contributed by atoms with Gasteiger partial charge in [0.1, 0.15) is 13.2 Å². The molecule has 0 aromatic heterocycles. The van der Waals surface area contributed by atoms with Crippen molar-refractivity contribution in [1.29, 1.82) is 0 Å². The Bertz CT molecular complexity index is 646. The van der Waals surface area contributed by atoms with Crippen molar-refractivity contribution >= 4 is 31.9 Å². The topological polar surface area (TPSA) is 44.5 Å². The van der Waals surface area contributed by atoms with E-state index in [0.29, 0.717) is 13.2 Å². The quantitative estimate of drug-likeness (QED) is 0.830. The Morgan fingerprint density at radius 3 is 2.45 bits per heavy atom. The number of ether oxygens (including phenoxy) is 2. The summed E-state index contributed by atoms with van der Waals surface area (Å²) in [4.78, 5) is 0. The van der Waals surface area contributed by atoms with E-state index in [2.05, 4.69) is 31.9 Å². The molecule has 0 fully saturated rings. The van der Waals surface area contributed by atoms with Crippen molar-refractivity contribution in [3.05, 3.63) is 56.5 Å². The number of benzene rings is 2. The van der Waals surface area contributed by atoms with Crippen LogP contribution in [0.15, 0.2) is 45.3 Å². The van der Waals surface area contributed by atoms with E-state index in [4.69, 9.17) is 15.2 Å². The number of fused-ring (bicyclic) bond motifs is 1. The van der Waals surface area contributed by atoms with E-state index in [9.17, 15) is 0 Å². The zero-order valence-electron chi connectivity index (χ0n) is 10.6. The average Bonchev–Trinajstić information content (AvgIpc) is 2.46. The second kappa shape index (κ2) is 5.76. The molecule has 2 aromatic rings. The highest BCUT2D eigenvalue weighted by Gasteiger charge is 2.17. The van der Waals surface area contributed by atoms with E-state index in [-0.39, 0.29) is 6.04 Å². The third-order valence-electron chi connectivity index (χ3n) is 3.22. The summed E-state index contributed by atoms with van der Waals surface area (Å²) in [5.74, 6) is 1.54. The molecule has 0 saturated heterocycles. The molecule has 0 spiro atoms. The van der Waals surface area contributed by atoms with Crippen LogP contribution in [0.4, 0.5) is 0 Å². The SMILES string of the molecule is NC(c1ccc2c(c1)OCCO2)c1ccc(Br)cc1Br. The van der Waals surface area contributed by atoms with Crippen molar-refractivity contribution in [1.82, 2.24) is 0 Å². The molecule has 0 radical (unpaired) electrons. The minimum absolute atomic E-state index is 0.215. The van der Waals surface area contributed by atoms with E-state index in [1.165, 1.54) is 0 Å². The third-order valence-corrected chi connectivity index (χ3v) is 4.40. The van der Waals surface area contributed by atoms with Crippen molar-refractivity contribution in [3.8, 4) is 11.5 Å². The van der Waals surface area contributed by atoms with E-state index >= 15 is 0 Å². The lowest BCUT2D eigenvalue weighted by Crippen LogP contribution is -2.17. The Hall–Kier alpha value is -1.04. The fourth-order valence-corrected chi connectivity index (χ4v) is 3.48. The summed E-state index contributed by atoms with van der Waals surface area (Å²) >= 11 is 7.00. The highest BCUT2D eigenvalue weighted by Crippen LogP contribution is 2.35. The summed E-state index contributed by atoms with van der Waals surface area (Å²) in [6.07, 6.45) is 0. The Morgan fingerprint density at radius 1 is 0.950 bits per heavy atom. The Morgan fingerprint density at radius 2 is 1.70 bits per heavy atom. The largest absolute Gasteiger partial charge is 0.486 e. The molecule has 0 aliphatic carbocycles. The van der Waals surface area contributed by atoms with Gasteiger partial charge in [0.05, 0.1) is 6.04 Å². The molecular weight excluding hydrogens is 386 g/mol. The molecule has 1 unspecified atom stereocenters. The molecule has 0 bridgehead atoms. The molecule has 1 heterocycles. The van der Waals surface area contributed by atoms with Gasteiger partial charge in [-0.3, -0.25) is 0 Å². The van der Waals surface area contributed by atoms with Crippen LogP contribution in [0.25, 0.3) is 0 Å². The summed E-state index contributed by atoms with van der Waals surface area (Å²) in [6, 6.07) is 11.6. The lowest BCUT2D eigenvalue weighted by atomic mass is 9.99. The average molecular weight is 399 g/mol. The molecule has 20 heavy (non-hydrogen) atoms. The number of hydrogen-bond donors (Lipinski definition) is 1. The highest BCUT2D eigenvalue weighted by atomic mass is 79.9. The molecule has 1 aliphatic rings. The first kappa shape index (κ1) is 13.9. The van der Waals surface area contributed by atoms with Gasteiger partial charge in [-0.25, -0.2) is 0 Å². The van der Waals surface area contributed by atoms with E-state index in [1.807, 2.05) is 36.4 Å². The maximum Gasteiger partial charge on any atom is 0.161 e. The summed E-state index contributed by atoms with van der Waals surface area (Å²) in [5, 5.41) is 0. The maximum absolute atomic E-state index is 6.36. The summed E-state index contributed by atoms with van der Waals surface area (Å²) in [7, 11) is 0. The predicted molar refractivity (Wildman–Crippen MR) is 85.3 cm³/mol. The van der Waals surface area contributed by atoms with Crippen molar-refractivity contribution in [3.63, 3.8) is 0 Å². The Balaban J connectivity index is 1.95. The maximum atomic E-state index is 6.36. The zero-order chi connectivity index (χ0) is 14.1. The molecule has 104 valence electrons. The molecule has 3 rings (SSSR count). The van der Waals surface area contributed by atoms with Gasteiger partial charge >= 0.3 is 0 Å². The van der Waals surface area contributed by atoms with Crippen molar-refractivity contribution in [2.24, 2.45) is 5.73 Å². The van der Waals surface area contributed by atoms with E-state index < -0.39 is 0 Å². The Kier molecular flexibility index (Phi) is 4.01. The van der Waals surface area contributed by atoms with Gasteiger partial charge in [0.2, 0.25) is 0 Å². The fraction of sp³-hybridized carbons (Fsp3) is 0.200. The van der Waals surface area contributed by atoms with Gasteiger partial charge in [-0.05, 0) is 35.4 Å². The number of hydrogen-bond acceptors (Lipinski definition) is 3. The highest BCUT2D eigenvalue weighted by molar-refractivity contribution is 9.11. The summed E-state index contributed by atoms with van der Waals surface area (Å²) in [5.41, 5.74) is 8.39. The van der Waals surface area contributed by atoms with Gasteiger partial charge < -0.3 is 15.2 Å². The van der Waals surface area contributed by atoms with Crippen LogP contribution in [0.5, 0.6) is 11.5 Å². The van der Waals surface area contributed by atoms with Crippen molar-refractivity contribution in [2.75, 3.05) is 13.2 Å². The van der Waals surface area contributed by atoms with E-state index in [1.54, 1.807) is 0 Å². The van der Waals surface area contributed by atoms with Gasteiger partial charge in [-0.15, -0.1) is 0 Å². The first-order chi connectivity index (χ1) is 9.65. The fourth-order valence-electron chi connectivity index (χ4n) is 2.19. The third kappa shape index (κ3) is 2.71. The lowest BCUT2D eigenvalue weighted by molar-refractivity contribution is 0.171. The molecule has 1 atom stereocenters. The molecule has 5 heteroatoms. The molecule has 2 N–H and O–H groups in total. The van der Waals surface area contributed by atoms with Crippen molar-refractivity contribution in [2.45, 2.75) is 6.04 Å². The van der Waals surface area contributed by atoms with Gasteiger partial charge in [0, 0.05) is 8.95 Å². The predicted octanol–water partition coefficient (Wildman–Crippen LogP) is 4.03. The minimum Gasteiger partial charge on any atom is -0.486 e. The number of halogens is 2. The van der Waals surface area contributed by atoms with Crippen LogP contribution in [0.3, 0.4) is 0 Å². The van der Waals surface area contributed by atoms with Gasteiger partial charge in [0.15, 0.2) is 11.5 Å². The summed E-state index contributed by atoms with van der Waals surface area (Å²) in [6.45, 7) is 1.17. The van der Waals surface area contributed by atoms with E-state index in [0.717, 1.165) is 31.6 Å². The Labute approximate surface area is 134 Å². The smallest absolute Gasteiger partial charge is 0.161 e. The second-order valence-electron chi connectivity index (χ2n) is 4.55. The molecule has 0 amide bonds. The monoisotopic (exact) mass is 397 g/mol. The first-order valence-electron chi connectivity index (χ1n) is 6.25. The van der Waals surface area contributed by atoms with Crippen molar-refractivity contribution < 1.29 is 9.47 Å². The van der Waals surface area contributed by atoms with Crippen LogP contribution in [0.2, 0.25) is 0 Å². The summed E-state index contributed by atoms with van der Waals surface area (Å²) < 4.78 is 13.1. The second-order valence-corrected chi connectivity index (χ2v) is 6.32. The van der Waals surface area contributed by atoms with Crippen LogP contribution in [-0.4, -0.2) is 13.2 Å². The molecular formula is C15H13Br2NO2. The molecule has 2 aromatic carbocycles. The lowest BCUT2D eigenvalue weighted by Gasteiger charge is -2.21. The number of rotatable bonds is 2. The number of nitrogens with two attached hydrogens (primary N) is 1. The van der Waals surface area contributed by atoms with Gasteiger partial charge in [-0.2, -0.15) is 0 Å². The van der Waals surface area contributed by atoms with Crippen LogP contribution in [0.1, 0.15) is 17.2 Å². The molecule has 1 aliphatic heterocycles. The molecule has 0 saturated carbocycles. The normalized spacial score (nSPS) is 14.9. The zero-order valence-corrected chi connectivity index (χ0v) is 13.8. The first-order valence-corrected chi connectivity index (χ1v) is 7.84. The van der Waals surface area contributed by atoms with Crippen LogP contribution >= 0.6 is 31.9 Å². The standard InChI is InChI=1S/C15H13Br2NO2/c16-10-2-3-11(12(17)8-10)15(18)9-1-4-13-14(7-9)20-6-5-19-13/h1-4,7-8,15H,5-6,18H2. The molecule has 3 nitrogen and oxygen atoms in total. The van der Waals surface area contributed by atoms with Gasteiger partial charge in [-0.1, -0.05) is 44.0 Å². The van der Waals surface area contributed by atoms with Crippen LogP contribution in [0, 0.1) is 0 Å². The van der Waals surface area contributed by atoms with Crippen LogP contribution in [-0.2, 0) is 0 Å². The minimum atomic E-state index is -0.215.